The molecule has 0 saturated heterocycles. The first-order chi connectivity index (χ1) is 36.5. The number of rotatable bonds is 3. The molecule has 0 unspecified atom stereocenters. The van der Waals surface area contributed by atoms with E-state index in [4.69, 9.17) is 8.83 Å². The molecule has 372 valence electrons. The number of fused-ring (bicyclic) bond motifs is 15. The van der Waals surface area contributed by atoms with Crippen molar-refractivity contribution in [1.82, 2.24) is 0 Å². The van der Waals surface area contributed by atoms with Gasteiger partial charge in [-0.25, -0.2) is 0 Å². The van der Waals surface area contributed by atoms with E-state index in [1.54, 1.807) is 0 Å². The number of hydrogen-bond donors (Lipinski definition) is 0. The fourth-order valence-electron chi connectivity index (χ4n) is 14.0. The molecule has 4 aliphatic rings. The summed E-state index contributed by atoms with van der Waals surface area (Å²) in [6.07, 6.45) is 2.29. The summed E-state index contributed by atoms with van der Waals surface area (Å²) in [5, 5.41) is 4.47. The Morgan fingerprint density at radius 2 is 1.20 bits per heavy atom. The van der Waals surface area contributed by atoms with Gasteiger partial charge in [-0.05, 0) is 146 Å². The molecule has 11 aromatic rings. The van der Waals surface area contributed by atoms with Gasteiger partial charge in [0, 0.05) is 76.7 Å². The maximum absolute atomic E-state index is 7.32. The molecule has 4 nitrogen and oxygen atoms in total. The summed E-state index contributed by atoms with van der Waals surface area (Å²) in [6, 6.07) is 62.0. The third-order valence-electron chi connectivity index (χ3n) is 18.2. The number of benzene rings is 9. The van der Waals surface area contributed by atoms with Gasteiger partial charge < -0.3 is 18.5 Å². The van der Waals surface area contributed by atoms with Crippen LogP contribution >= 0.6 is 11.8 Å². The molecule has 0 bridgehead atoms. The van der Waals surface area contributed by atoms with Gasteiger partial charge in [0.1, 0.15) is 16.7 Å². The quantitative estimate of drug-likeness (QED) is 0.165. The van der Waals surface area contributed by atoms with Crippen molar-refractivity contribution in [2.24, 2.45) is 0 Å². The van der Waals surface area contributed by atoms with Gasteiger partial charge in [0.25, 0.3) is 0 Å². The van der Waals surface area contributed by atoms with Crippen LogP contribution in [0.5, 0.6) is 0 Å². The molecule has 15 rings (SSSR count). The Balaban J connectivity index is 1.15. The lowest BCUT2D eigenvalue weighted by Crippen LogP contribution is -2.62. The van der Waals surface area contributed by atoms with Crippen molar-refractivity contribution in [3.8, 4) is 22.3 Å². The second-order valence-electron chi connectivity index (χ2n) is 25.1. The molecule has 6 heteroatoms. The number of aryl methyl sites for hydroxylation is 1. The Labute approximate surface area is 450 Å². The zero-order chi connectivity index (χ0) is 51.9. The van der Waals surface area contributed by atoms with Crippen molar-refractivity contribution in [3.63, 3.8) is 0 Å². The molecule has 76 heavy (non-hydrogen) atoms. The third kappa shape index (κ3) is 6.34. The second-order valence-corrected chi connectivity index (χ2v) is 26.2. The van der Waals surface area contributed by atoms with Crippen LogP contribution in [0.15, 0.2) is 182 Å². The molecule has 0 amide bonds. The van der Waals surface area contributed by atoms with Crippen LogP contribution in [0.4, 0.5) is 28.4 Å². The van der Waals surface area contributed by atoms with Crippen molar-refractivity contribution < 1.29 is 8.83 Å². The molecule has 0 fully saturated rings. The van der Waals surface area contributed by atoms with E-state index in [0.29, 0.717) is 0 Å². The average Bonchev–Trinajstić information content (AvgIpc) is 4.04. The van der Waals surface area contributed by atoms with Crippen LogP contribution < -0.4 is 20.6 Å². The van der Waals surface area contributed by atoms with E-state index < -0.39 is 0 Å². The van der Waals surface area contributed by atoms with Crippen LogP contribution in [0.25, 0.3) is 66.1 Å². The molecule has 3 aliphatic heterocycles. The van der Waals surface area contributed by atoms with Gasteiger partial charge in [0.2, 0.25) is 0 Å². The summed E-state index contributed by atoms with van der Waals surface area (Å²) >= 11 is 1.92. The molecule has 0 N–H and O–H groups in total. The summed E-state index contributed by atoms with van der Waals surface area (Å²) < 4.78 is 14.5. The largest absolute Gasteiger partial charge is 0.456 e. The topological polar surface area (TPSA) is 32.8 Å². The molecular weight excluding hydrogens is 944 g/mol. The van der Waals surface area contributed by atoms with Gasteiger partial charge in [-0.1, -0.05) is 177 Å². The lowest BCUT2D eigenvalue weighted by molar-refractivity contribution is 0.332. The first-order valence-corrected chi connectivity index (χ1v) is 28.1. The number of nitrogens with zero attached hydrogens (tertiary/aromatic N) is 2. The highest BCUT2D eigenvalue weighted by atomic mass is 32.2. The Morgan fingerprint density at radius 1 is 0.526 bits per heavy atom. The Hall–Kier alpha value is -7.41. The molecule has 5 heterocycles. The van der Waals surface area contributed by atoms with Crippen molar-refractivity contribution >= 4 is 102 Å². The van der Waals surface area contributed by atoms with Crippen LogP contribution in [0.3, 0.4) is 0 Å². The van der Waals surface area contributed by atoms with E-state index in [-0.39, 0.29) is 28.5 Å². The number of anilines is 5. The first-order valence-electron chi connectivity index (χ1n) is 27.3. The summed E-state index contributed by atoms with van der Waals surface area (Å²) in [5.41, 5.74) is 24.4. The minimum Gasteiger partial charge on any atom is -0.456 e. The van der Waals surface area contributed by atoms with Crippen LogP contribution in [0.1, 0.15) is 109 Å². The fourth-order valence-corrected chi connectivity index (χ4v) is 15.4. The Kier molecular flexibility index (Phi) is 9.43. The predicted octanol–water partition coefficient (Wildman–Crippen LogP) is 18.6. The Morgan fingerprint density at radius 3 is 1.96 bits per heavy atom. The van der Waals surface area contributed by atoms with Crippen LogP contribution in [-0.4, -0.2) is 6.85 Å². The second kappa shape index (κ2) is 15.6. The molecule has 0 radical (unpaired) electrons. The predicted molar refractivity (Wildman–Crippen MR) is 322 cm³/mol. The zero-order valence-corrected chi connectivity index (χ0v) is 46.0. The normalized spacial score (nSPS) is 16.6. The highest BCUT2D eigenvalue weighted by Crippen LogP contribution is 2.58. The van der Waals surface area contributed by atoms with Gasteiger partial charge in [-0.15, -0.1) is 0 Å². The average molecular weight is 1010 g/mol. The number of para-hydroxylation sites is 2. The summed E-state index contributed by atoms with van der Waals surface area (Å²) in [6.45, 7) is 23.7. The van der Waals surface area contributed by atoms with E-state index in [2.05, 4.69) is 243 Å². The summed E-state index contributed by atoms with van der Waals surface area (Å²) in [7, 11) is 0. The minimum absolute atomic E-state index is 0.00445. The monoisotopic (exact) mass is 1000 g/mol. The highest BCUT2D eigenvalue weighted by molar-refractivity contribution is 7.99. The molecule has 9 aromatic carbocycles. The standard InChI is InChI=1S/C70H61BN2O2S/c1-40-34-49-50(69(7,8)33-32-68(49,5)6)36-54(40)72-55-37-51-61(76-60-27-19-16-24-48(60)70(51,9)10)38-52(55)71-64-56(72)39-59-62(45-23-15-18-26-58(45)74-59)63(64)46-30-29-44-43-22-14-17-25-57(43)75-66(44)65(46)73(71)53-31-28-42(67(2,3)4)35-47(53)41-20-12-11-13-21-41/h11-31,34-39H,32-33H2,1-10H3. The van der Waals surface area contributed by atoms with Gasteiger partial charge in [-0.3, -0.25) is 0 Å². The van der Waals surface area contributed by atoms with Gasteiger partial charge >= 0.3 is 6.85 Å². The smallest absolute Gasteiger partial charge is 0.333 e. The van der Waals surface area contributed by atoms with Gasteiger partial charge in [-0.2, -0.15) is 0 Å². The van der Waals surface area contributed by atoms with Crippen molar-refractivity contribution in [1.29, 1.82) is 0 Å². The van der Waals surface area contributed by atoms with E-state index in [0.717, 1.165) is 79.3 Å². The SMILES string of the molecule is Cc1cc2c(cc1N1c3cc4c(cc3B3c5c1cc1oc6ccccc6c1c5-c1ccc5c(oc6ccccc65)c1N3c1ccc(C(C)(C)C)cc1-c1ccccc1)Sc1ccccc1C4(C)C)C(C)(C)CCC2(C)C. The molecule has 0 atom stereocenters. The van der Waals surface area contributed by atoms with E-state index in [9.17, 15) is 0 Å². The zero-order valence-electron chi connectivity index (χ0n) is 45.2. The first kappa shape index (κ1) is 45.9. The van der Waals surface area contributed by atoms with E-state index in [1.807, 2.05) is 11.8 Å². The summed E-state index contributed by atoms with van der Waals surface area (Å²) in [4.78, 5) is 7.98. The van der Waals surface area contributed by atoms with Crippen LogP contribution in [0.2, 0.25) is 0 Å². The summed E-state index contributed by atoms with van der Waals surface area (Å²) in [5.74, 6) is 0. The number of furan rings is 2. The lowest BCUT2D eigenvalue weighted by Gasteiger charge is -2.48. The molecule has 0 saturated carbocycles. The van der Waals surface area contributed by atoms with Crippen molar-refractivity contribution in [2.45, 2.75) is 114 Å². The van der Waals surface area contributed by atoms with E-state index >= 15 is 0 Å². The Bertz CT molecular complexity index is 4320. The van der Waals surface area contributed by atoms with Crippen LogP contribution in [-0.2, 0) is 21.7 Å². The van der Waals surface area contributed by atoms with Crippen molar-refractivity contribution in [3.05, 3.63) is 197 Å². The maximum atomic E-state index is 7.32. The van der Waals surface area contributed by atoms with Gasteiger partial charge in [0.05, 0.1) is 5.69 Å². The van der Waals surface area contributed by atoms with E-state index in [1.165, 1.54) is 82.2 Å². The molecule has 0 spiro atoms. The van der Waals surface area contributed by atoms with Gasteiger partial charge in [0.15, 0.2) is 5.58 Å². The maximum Gasteiger partial charge on any atom is 0.333 e. The molecule has 1 aliphatic carbocycles. The number of hydrogen-bond acceptors (Lipinski definition) is 5. The van der Waals surface area contributed by atoms with Crippen LogP contribution in [0, 0.1) is 6.92 Å². The third-order valence-corrected chi connectivity index (χ3v) is 19.4. The molecule has 2 aromatic heterocycles. The molecular formula is C70H61BN2O2S. The minimum atomic E-state index is -0.303. The van der Waals surface area contributed by atoms with Crippen molar-refractivity contribution in [2.75, 3.05) is 9.71 Å². The fraction of sp³-hybridized carbons (Fsp3) is 0.229. The lowest BCUT2D eigenvalue weighted by atomic mass is 9.43. The highest BCUT2D eigenvalue weighted by Gasteiger charge is 2.50.